The van der Waals surface area contributed by atoms with Gasteiger partial charge in [-0.3, -0.25) is 19.3 Å². The van der Waals surface area contributed by atoms with Gasteiger partial charge < -0.3 is 15.1 Å². The Labute approximate surface area is 200 Å². The molecule has 0 radical (unpaired) electrons. The number of anilines is 3. The lowest BCUT2D eigenvalue weighted by molar-refractivity contribution is -0.123. The second kappa shape index (κ2) is 9.49. The van der Waals surface area contributed by atoms with Crippen molar-refractivity contribution in [1.29, 1.82) is 0 Å². The summed E-state index contributed by atoms with van der Waals surface area (Å²) in [5.41, 5.74) is 3.98. The van der Waals surface area contributed by atoms with Crippen LogP contribution in [-0.4, -0.2) is 54.8 Å². The molecular formula is C27H32N4O3. The van der Waals surface area contributed by atoms with Crippen molar-refractivity contribution in [2.24, 2.45) is 0 Å². The van der Waals surface area contributed by atoms with E-state index in [-0.39, 0.29) is 30.3 Å². The molecule has 3 heterocycles. The molecule has 0 saturated carbocycles. The molecule has 2 aromatic rings. The van der Waals surface area contributed by atoms with Crippen molar-refractivity contribution in [1.82, 2.24) is 4.90 Å². The minimum absolute atomic E-state index is 0.000210. The van der Waals surface area contributed by atoms with Crippen LogP contribution in [0, 0.1) is 6.92 Å². The lowest BCUT2D eigenvalue weighted by atomic mass is 9.95. The monoisotopic (exact) mass is 460 g/mol. The van der Waals surface area contributed by atoms with E-state index in [1.165, 1.54) is 0 Å². The standard InChI is InChI=1S/C27H32N4O3/c1-19-8-11-21(12-9-19)28-25(32)18-31-24-17-20(26(33)29-14-4-2-5-15-29)10-13-22(24)30-16-6-3-7-23(30)27(31)34/h8-13,17,23H,2-7,14-16,18H2,1H3,(H,28,32). The van der Waals surface area contributed by atoms with Crippen molar-refractivity contribution < 1.29 is 14.4 Å². The minimum atomic E-state index is -0.253. The summed E-state index contributed by atoms with van der Waals surface area (Å²) in [7, 11) is 0. The summed E-state index contributed by atoms with van der Waals surface area (Å²) in [4.78, 5) is 45.3. The third-order valence-corrected chi connectivity index (χ3v) is 7.16. The maximum atomic E-state index is 13.5. The molecule has 2 saturated heterocycles. The normalized spacial score (nSPS) is 20.0. The minimum Gasteiger partial charge on any atom is -0.358 e. The predicted molar refractivity (Wildman–Crippen MR) is 133 cm³/mol. The number of piperidine rings is 2. The highest BCUT2D eigenvalue weighted by Gasteiger charge is 2.40. The first-order valence-electron chi connectivity index (χ1n) is 12.4. The number of hydrogen-bond donors (Lipinski definition) is 1. The van der Waals surface area contributed by atoms with Crippen molar-refractivity contribution >= 4 is 34.8 Å². The Hall–Kier alpha value is -3.35. The van der Waals surface area contributed by atoms with Gasteiger partial charge in [0.05, 0.1) is 11.4 Å². The number of hydrogen-bond acceptors (Lipinski definition) is 4. The maximum absolute atomic E-state index is 13.5. The molecule has 1 unspecified atom stereocenters. The fraction of sp³-hybridized carbons (Fsp3) is 0.444. The predicted octanol–water partition coefficient (Wildman–Crippen LogP) is 3.97. The molecule has 3 aliphatic heterocycles. The summed E-state index contributed by atoms with van der Waals surface area (Å²) in [6, 6.07) is 13.0. The van der Waals surface area contributed by atoms with E-state index in [1.807, 2.05) is 54.3 Å². The molecule has 7 nitrogen and oxygen atoms in total. The second-order valence-electron chi connectivity index (χ2n) is 9.60. The van der Waals surface area contributed by atoms with E-state index in [0.717, 1.165) is 69.4 Å². The molecule has 0 aliphatic carbocycles. The van der Waals surface area contributed by atoms with E-state index in [2.05, 4.69) is 10.2 Å². The van der Waals surface area contributed by atoms with Gasteiger partial charge >= 0.3 is 0 Å². The molecule has 7 heteroatoms. The van der Waals surface area contributed by atoms with E-state index >= 15 is 0 Å². The van der Waals surface area contributed by atoms with Gasteiger partial charge in [-0.05, 0) is 75.8 Å². The van der Waals surface area contributed by atoms with Crippen LogP contribution in [-0.2, 0) is 9.59 Å². The smallest absolute Gasteiger partial charge is 0.253 e. The zero-order valence-corrected chi connectivity index (χ0v) is 19.8. The van der Waals surface area contributed by atoms with E-state index < -0.39 is 0 Å². The van der Waals surface area contributed by atoms with Gasteiger partial charge in [-0.1, -0.05) is 17.7 Å². The van der Waals surface area contributed by atoms with E-state index in [9.17, 15) is 14.4 Å². The molecule has 34 heavy (non-hydrogen) atoms. The molecule has 0 aromatic heterocycles. The van der Waals surface area contributed by atoms with E-state index in [0.29, 0.717) is 16.9 Å². The van der Waals surface area contributed by atoms with Crippen molar-refractivity contribution in [3.05, 3.63) is 53.6 Å². The summed E-state index contributed by atoms with van der Waals surface area (Å²) in [6.45, 7) is 4.27. The first-order valence-corrected chi connectivity index (χ1v) is 12.4. The molecule has 0 bridgehead atoms. The Balaban J connectivity index is 1.44. The van der Waals surface area contributed by atoms with Gasteiger partial charge in [-0.15, -0.1) is 0 Å². The molecule has 3 aliphatic rings. The number of fused-ring (bicyclic) bond motifs is 3. The van der Waals surface area contributed by atoms with Crippen molar-refractivity contribution in [3.8, 4) is 0 Å². The molecule has 1 atom stereocenters. The average Bonchev–Trinajstić information content (AvgIpc) is 2.87. The van der Waals surface area contributed by atoms with Crippen LogP contribution in [0.5, 0.6) is 0 Å². The Morgan fingerprint density at radius 2 is 1.65 bits per heavy atom. The van der Waals surface area contributed by atoms with Crippen LogP contribution < -0.4 is 15.1 Å². The third kappa shape index (κ3) is 4.39. The second-order valence-corrected chi connectivity index (χ2v) is 9.60. The molecule has 1 N–H and O–H groups in total. The van der Waals surface area contributed by atoms with Gasteiger partial charge in [0.15, 0.2) is 0 Å². The molecule has 0 spiro atoms. The Bertz CT molecular complexity index is 1090. The van der Waals surface area contributed by atoms with Crippen LogP contribution in [0.1, 0.15) is 54.4 Å². The number of benzene rings is 2. The van der Waals surface area contributed by atoms with Crippen molar-refractivity contribution in [2.45, 2.75) is 51.5 Å². The van der Waals surface area contributed by atoms with Gasteiger partial charge in [0.2, 0.25) is 11.8 Å². The molecule has 5 rings (SSSR count). The SMILES string of the molecule is Cc1ccc(NC(=O)CN2C(=O)C3CCCCN3c3ccc(C(=O)N4CCCCC4)cc32)cc1. The summed E-state index contributed by atoms with van der Waals surface area (Å²) in [5.74, 6) is -0.311. The van der Waals surface area contributed by atoms with Crippen LogP contribution in [0.4, 0.5) is 17.1 Å². The highest BCUT2D eigenvalue weighted by Crippen LogP contribution is 2.40. The molecule has 2 fully saturated rings. The Morgan fingerprint density at radius 3 is 2.41 bits per heavy atom. The fourth-order valence-corrected chi connectivity index (χ4v) is 5.31. The average molecular weight is 461 g/mol. The quantitative estimate of drug-likeness (QED) is 0.750. The number of amides is 3. The first-order chi connectivity index (χ1) is 16.5. The van der Waals surface area contributed by atoms with Gasteiger partial charge in [0.25, 0.3) is 5.91 Å². The highest BCUT2D eigenvalue weighted by molar-refractivity contribution is 6.11. The number of likely N-dealkylation sites (tertiary alicyclic amines) is 1. The highest BCUT2D eigenvalue weighted by atomic mass is 16.2. The molecule has 3 amide bonds. The summed E-state index contributed by atoms with van der Waals surface area (Å²) in [5, 5.41) is 2.91. The van der Waals surface area contributed by atoms with Gasteiger partial charge in [-0.2, -0.15) is 0 Å². The number of aryl methyl sites for hydroxylation is 1. The van der Waals surface area contributed by atoms with Gasteiger partial charge in [0, 0.05) is 30.9 Å². The summed E-state index contributed by atoms with van der Waals surface area (Å²) < 4.78 is 0. The Morgan fingerprint density at radius 1 is 0.912 bits per heavy atom. The zero-order valence-electron chi connectivity index (χ0n) is 19.8. The van der Waals surface area contributed by atoms with Gasteiger partial charge in [0.1, 0.15) is 12.6 Å². The lowest BCUT2D eigenvalue weighted by Gasteiger charge is -2.45. The number of nitrogens with one attached hydrogen (secondary N) is 1. The van der Waals surface area contributed by atoms with Crippen molar-refractivity contribution in [3.63, 3.8) is 0 Å². The number of carbonyl (C=O) groups excluding carboxylic acids is 3. The topological polar surface area (TPSA) is 73.0 Å². The van der Waals surface area contributed by atoms with Gasteiger partial charge in [-0.25, -0.2) is 0 Å². The van der Waals surface area contributed by atoms with E-state index in [1.54, 1.807) is 4.90 Å². The first kappa shape index (κ1) is 22.4. The Kier molecular flexibility index (Phi) is 6.26. The summed E-state index contributed by atoms with van der Waals surface area (Å²) in [6.07, 6.45) is 6.01. The fourth-order valence-electron chi connectivity index (χ4n) is 5.31. The number of carbonyl (C=O) groups is 3. The summed E-state index contributed by atoms with van der Waals surface area (Å²) >= 11 is 0. The van der Waals surface area contributed by atoms with Crippen LogP contribution >= 0.6 is 0 Å². The number of rotatable bonds is 4. The largest absolute Gasteiger partial charge is 0.358 e. The third-order valence-electron chi connectivity index (χ3n) is 7.16. The van der Waals surface area contributed by atoms with Crippen LogP contribution in [0.25, 0.3) is 0 Å². The van der Waals surface area contributed by atoms with Crippen LogP contribution in [0.3, 0.4) is 0 Å². The molecular weight excluding hydrogens is 428 g/mol. The maximum Gasteiger partial charge on any atom is 0.253 e. The molecule has 178 valence electrons. The number of nitrogens with zero attached hydrogens (tertiary/aromatic N) is 3. The zero-order chi connectivity index (χ0) is 23.7. The van der Waals surface area contributed by atoms with Crippen molar-refractivity contribution in [2.75, 3.05) is 41.3 Å². The van der Waals surface area contributed by atoms with E-state index in [4.69, 9.17) is 0 Å². The lowest BCUT2D eigenvalue weighted by Crippen LogP contribution is -2.56. The van der Waals surface area contributed by atoms with Crippen LogP contribution in [0.2, 0.25) is 0 Å². The van der Waals surface area contributed by atoms with Crippen LogP contribution in [0.15, 0.2) is 42.5 Å². The molecule has 2 aromatic carbocycles.